The molecule has 2 nitrogen and oxygen atoms in total. The predicted molar refractivity (Wildman–Crippen MR) is 77.5 cm³/mol. The molecule has 0 aromatic rings. The van der Waals surface area contributed by atoms with Gasteiger partial charge in [0.15, 0.2) is 0 Å². The number of likely N-dealkylation sites (tertiary alicyclic amines) is 1. The molecule has 0 bridgehead atoms. The molecule has 1 unspecified atom stereocenters. The molecule has 0 N–H and O–H groups in total. The molecule has 0 spiro atoms. The second kappa shape index (κ2) is 6.08. The standard InChI is InChI=1S/C16H31NO/c1-12(2)9-10-14-8-7-11-16(5,6)17(14)15(18)13(3)4/h12-14H,7-11H2,1-6H3. The van der Waals surface area contributed by atoms with Gasteiger partial charge in [-0.25, -0.2) is 0 Å². The Hall–Kier alpha value is -0.530. The predicted octanol–water partition coefficient (Wildman–Crippen LogP) is 4.24. The largest absolute Gasteiger partial charge is 0.334 e. The van der Waals surface area contributed by atoms with Crippen LogP contribution in [0, 0.1) is 11.8 Å². The first-order chi connectivity index (χ1) is 8.25. The lowest BCUT2D eigenvalue weighted by atomic mass is 9.83. The van der Waals surface area contributed by atoms with Crippen molar-refractivity contribution < 1.29 is 4.79 Å². The van der Waals surface area contributed by atoms with Crippen LogP contribution in [0.1, 0.15) is 73.6 Å². The van der Waals surface area contributed by atoms with E-state index in [1.165, 1.54) is 25.7 Å². The molecule has 1 amide bonds. The van der Waals surface area contributed by atoms with Gasteiger partial charge in [0, 0.05) is 17.5 Å². The second-order valence-electron chi connectivity index (χ2n) is 7.19. The van der Waals surface area contributed by atoms with E-state index in [4.69, 9.17) is 0 Å². The molecule has 1 fully saturated rings. The molecular formula is C16H31NO. The van der Waals surface area contributed by atoms with Crippen molar-refractivity contribution >= 4 is 5.91 Å². The molecule has 1 saturated heterocycles. The summed E-state index contributed by atoms with van der Waals surface area (Å²) in [6, 6.07) is 0.464. The number of hydrogen-bond donors (Lipinski definition) is 0. The average molecular weight is 253 g/mol. The van der Waals surface area contributed by atoms with Crippen LogP contribution in [0.25, 0.3) is 0 Å². The molecule has 0 saturated carbocycles. The molecule has 18 heavy (non-hydrogen) atoms. The van der Waals surface area contributed by atoms with Gasteiger partial charge in [0.2, 0.25) is 5.91 Å². The third kappa shape index (κ3) is 3.73. The first kappa shape index (κ1) is 15.5. The SMILES string of the molecule is CC(C)CCC1CCCC(C)(C)N1C(=O)C(C)C. The fourth-order valence-electron chi connectivity index (χ4n) is 3.07. The first-order valence-electron chi connectivity index (χ1n) is 7.59. The highest BCUT2D eigenvalue weighted by Gasteiger charge is 2.39. The van der Waals surface area contributed by atoms with E-state index >= 15 is 0 Å². The van der Waals surface area contributed by atoms with E-state index in [9.17, 15) is 4.79 Å². The minimum atomic E-state index is 0.0429. The van der Waals surface area contributed by atoms with Crippen LogP contribution in [0.3, 0.4) is 0 Å². The van der Waals surface area contributed by atoms with Crippen molar-refractivity contribution in [3.8, 4) is 0 Å². The van der Waals surface area contributed by atoms with E-state index in [1.807, 2.05) is 13.8 Å². The lowest BCUT2D eigenvalue weighted by molar-refractivity contribution is -0.146. The highest BCUT2D eigenvalue weighted by molar-refractivity contribution is 5.79. The fourth-order valence-corrected chi connectivity index (χ4v) is 3.07. The maximum absolute atomic E-state index is 12.5. The van der Waals surface area contributed by atoms with Gasteiger partial charge in [-0.15, -0.1) is 0 Å². The summed E-state index contributed by atoms with van der Waals surface area (Å²) in [5.41, 5.74) is 0.0429. The lowest BCUT2D eigenvalue weighted by Gasteiger charge is -2.49. The zero-order valence-electron chi connectivity index (χ0n) is 13.1. The van der Waals surface area contributed by atoms with Crippen LogP contribution in [0.15, 0.2) is 0 Å². The summed E-state index contributed by atoms with van der Waals surface area (Å²) in [5, 5.41) is 0. The number of amides is 1. The third-order valence-electron chi connectivity index (χ3n) is 4.15. The Labute approximate surface area is 113 Å². The van der Waals surface area contributed by atoms with Gasteiger partial charge in [0.25, 0.3) is 0 Å². The van der Waals surface area contributed by atoms with E-state index in [0.29, 0.717) is 11.9 Å². The van der Waals surface area contributed by atoms with Crippen molar-refractivity contribution in [3.63, 3.8) is 0 Å². The van der Waals surface area contributed by atoms with Crippen LogP contribution < -0.4 is 0 Å². The first-order valence-corrected chi connectivity index (χ1v) is 7.59. The Balaban J connectivity index is 2.81. The molecule has 1 aliphatic heterocycles. The molecule has 0 aromatic carbocycles. The molecule has 106 valence electrons. The molecule has 1 atom stereocenters. The molecular weight excluding hydrogens is 222 g/mol. The second-order valence-corrected chi connectivity index (χ2v) is 7.19. The average Bonchev–Trinajstić information content (AvgIpc) is 2.24. The zero-order valence-corrected chi connectivity index (χ0v) is 13.1. The van der Waals surface area contributed by atoms with Gasteiger partial charge in [0.05, 0.1) is 0 Å². The number of carbonyl (C=O) groups excluding carboxylic acids is 1. The van der Waals surface area contributed by atoms with Gasteiger partial charge in [-0.05, 0) is 51.9 Å². The molecule has 2 heteroatoms. The van der Waals surface area contributed by atoms with Gasteiger partial charge in [0.1, 0.15) is 0 Å². The summed E-state index contributed by atoms with van der Waals surface area (Å²) in [5.74, 6) is 1.18. The van der Waals surface area contributed by atoms with Gasteiger partial charge in [-0.1, -0.05) is 27.7 Å². The normalized spacial score (nSPS) is 23.8. The highest BCUT2D eigenvalue weighted by atomic mass is 16.2. The fraction of sp³-hybridized carbons (Fsp3) is 0.938. The van der Waals surface area contributed by atoms with E-state index in [0.717, 1.165) is 12.3 Å². The van der Waals surface area contributed by atoms with Crippen LogP contribution in [-0.4, -0.2) is 22.4 Å². The van der Waals surface area contributed by atoms with Gasteiger partial charge in [-0.3, -0.25) is 4.79 Å². The van der Waals surface area contributed by atoms with Crippen LogP contribution >= 0.6 is 0 Å². The van der Waals surface area contributed by atoms with Gasteiger partial charge < -0.3 is 4.90 Å². The molecule has 1 rings (SSSR count). The third-order valence-corrected chi connectivity index (χ3v) is 4.15. The summed E-state index contributed by atoms with van der Waals surface area (Å²) >= 11 is 0. The summed E-state index contributed by atoms with van der Waals surface area (Å²) in [6.45, 7) is 13.0. The molecule has 1 heterocycles. The Morgan fingerprint density at radius 2 is 1.89 bits per heavy atom. The number of piperidine rings is 1. The van der Waals surface area contributed by atoms with Crippen molar-refractivity contribution in [1.29, 1.82) is 0 Å². The van der Waals surface area contributed by atoms with E-state index in [-0.39, 0.29) is 11.5 Å². The lowest BCUT2D eigenvalue weighted by Crippen LogP contribution is -2.57. The number of carbonyl (C=O) groups is 1. The van der Waals surface area contributed by atoms with Crippen LogP contribution in [-0.2, 0) is 4.79 Å². The van der Waals surface area contributed by atoms with Crippen molar-refractivity contribution in [2.75, 3.05) is 0 Å². The Morgan fingerprint density at radius 1 is 1.28 bits per heavy atom. The van der Waals surface area contributed by atoms with E-state index in [1.54, 1.807) is 0 Å². The van der Waals surface area contributed by atoms with Gasteiger partial charge in [-0.2, -0.15) is 0 Å². The van der Waals surface area contributed by atoms with E-state index in [2.05, 4.69) is 32.6 Å². The summed E-state index contributed by atoms with van der Waals surface area (Å²) in [4.78, 5) is 14.7. The van der Waals surface area contributed by atoms with E-state index < -0.39 is 0 Å². The number of hydrogen-bond acceptors (Lipinski definition) is 1. The Bertz CT molecular complexity index is 281. The molecule has 0 aliphatic carbocycles. The number of rotatable bonds is 4. The monoisotopic (exact) mass is 253 g/mol. The van der Waals surface area contributed by atoms with Crippen LogP contribution in [0.4, 0.5) is 0 Å². The van der Waals surface area contributed by atoms with Crippen molar-refractivity contribution in [2.45, 2.75) is 85.2 Å². The smallest absolute Gasteiger partial charge is 0.225 e. The van der Waals surface area contributed by atoms with Crippen LogP contribution in [0.5, 0.6) is 0 Å². The molecule has 0 aromatic heterocycles. The summed E-state index contributed by atoms with van der Waals surface area (Å²) in [7, 11) is 0. The van der Waals surface area contributed by atoms with Gasteiger partial charge >= 0.3 is 0 Å². The van der Waals surface area contributed by atoms with Crippen molar-refractivity contribution in [3.05, 3.63) is 0 Å². The quantitative estimate of drug-likeness (QED) is 0.734. The zero-order chi connectivity index (χ0) is 13.9. The molecule has 0 radical (unpaired) electrons. The maximum atomic E-state index is 12.5. The minimum absolute atomic E-state index is 0.0429. The highest BCUT2D eigenvalue weighted by Crippen LogP contribution is 2.35. The number of nitrogens with zero attached hydrogens (tertiary/aromatic N) is 1. The Kier molecular flexibility index (Phi) is 5.24. The van der Waals surface area contributed by atoms with Crippen molar-refractivity contribution in [2.24, 2.45) is 11.8 Å². The minimum Gasteiger partial charge on any atom is -0.334 e. The van der Waals surface area contributed by atoms with Crippen LogP contribution in [0.2, 0.25) is 0 Å². The summed E-state index contributed by atoms with van der Waals surface area (Å²) in [6.07, 6.45) is 5.98. The molecule has 1 aliphatic rings. The summed E-state index contributed by atoms with van der Waals surface area (Å²) < 4.78 is 0. The topological polar surface area (TPSA) is 20.3 Å². The Morgan fingerprint density at radius 3 is 2.39 bits per heavy atom. The maximum Gasteiger partial charge on any atom is 0.225 e. The van der Waals surface area contributed by atoms with Crippen molar-refractivity contribution in [1.82, 2.24) is 4.90 Å².